The Morgan fingerprint density at radius 1 is 1.88 bits per heavy atom. The Bertz CT molecular complexity index is 78.6. The Balaban J connectivity index is 3.25. The lowest BCUT2D eigenvalue weighted by Gasteiger charge is -2.00. The Morgan fingerprint density at radius 3 is 2.50 bits per heavy atom. The second kappa shape index (κ2) is 3.47. The highest BCUT2D eigenvalue weighted by atomic mass is 16.1. The molecule has 47 valence electrons. The highest BCUT2D eigenvalue weighted by Gasteiger charge is 1.99. The summed E-state index contributed by atoms with van der Waals surface area (Å²) in [6.45, 7) is 5.58. The first kappa shape index (κ1) is 7.47. The fraction of sp³-hybridized carbons (Fsp3) is 0.667. The van der Waals surface area contributed by atoms with Crippen molar-refractivity contribution < 1.29 is 4.79 Å². The zero-order chi connectivity index (χ0) is 6.57. The van der Waals surface area contributed by atoms with Crippen molar-refractivity contribution in [3.8, 4) is 0 Å². The molecule has 0 aliphatic carbocycles. The van der Waals surface area contributed by atoms with Crippen LogP contribution in [0, 0.1) is 12.8 Å². The molecule has 1 unspecified atom stereocenters. The molecule has 1 radical (unpaired) electrons. The van der Waals surface area contributed by atoms with E-state index in [2.05, 4.69) is 12.2 Å². The van der Waals surface area contributed by atoms with Gasteiger partial charge in [-0.2, -0.15) is 0 Å². The van der Waals surface area contributed by atoms with Gasteiger partial charge in [-0.25, -0.2) is 0 Å². The van der Waals surface area contributed by atoms with Crippen LogP contribution in [0.15, 0.2) is 0 Å². The fourth-order valence-corrected chi connectivity index (χ4v) is 0.419. The summed E-state index contributed by atoms with van der Waals surface area (Å²) >= 11 is 0. The van der Waals surface area contributed by atoms with Gasteiger partial charge in [0.15, 0.2) is 0 Å². The summed E-state index contributed by atoms with van der Waals surface area (Å²) in [5.74, 6) is 0.280. The summed E-state index contributed by atoms with van der Waals surface area (Å²) in [7, 11) is 1.63. The van der Waals surface area contributed by atoms with Gasteiger partial charge in [-0.05, 0) is 12.8 Å². The van der Waals surface area contributed by atoms with Crippen LogP contribution < -0.4 is 5.32 Å². The summed E-state index contributed by atoms with van der Waals surface area (Å²) < 4.78 is 0. The Hall–Kier alpha value is -0.530. The van der Waals surface area contributed by atoms with Gasteiger partial charge in [0, 0.05) is 13.5 Å². The average Bonchev–Trinajstić information content (AvgIpc) is 1.65. The SMILES string of the molecule is [CH2]C(C)CC(=O)NC. The van der Waals surface area contributed by atoms with Gasteiger partial charge in [0.1, 0.15) is 0 Å². The van der Waals surface area contributed by atoms with Gasteiger partial charge in [-0.3, -0.25) is 4.79 Å². The van der Waals surface area contributed by atoms with Gasteiger partial charge < -0.3 is 5.32 Å². The molecule has 0 aromatic heterocycles. The van der Waals surface area contributed by atoms with Crippen molar-refractivity contribution in [3.05, 3.63) is 6.92 Å². The van der Waals surface area contributed by atoms with E-state index in [4.69, 9.17) is 0 Å². The standard InChI is InChI=1S/C6H12NO/c1-5(2)4-6(8)7-3/h5H,1,4H2,2-3H3,(H,7,8). The lowest BCUT2D eigenvalue weighted by atomic mass is 10.1. The molecule has 1 amide bonds. The molecule has 0 aromatic rings. The van der Waals surface area contributed by atoms with E-state index >= 15 is 0 Å². The lowest BCUT2D eigenvalue weighted by molar-refractivity contribution is -0.121. The molecule has 1 N–H and O–H groups in total. The van der Waals surface area contributed by atoms with Crippen LogP contribution in [0.3, 0.4) is 0 Å². The minimum Gasteiger partial charge on any atom is -0.359 e. The second-order valence-corrected chi connectivity index (χ2v) is 1.98. The molecule has 0 spiro atoms. The van der Waals surface area contributed by atoms with Crippen molar-refractivity contribution in [2.24, 2.45) is 5.92 Å². The van der Waals surface area contributed by atoms with E-state index in [0.717, 1.165) is 0 Å². The van der Waals surface area contributed by atoms with E-state index < -0.39 is 0 Å². The Labute approximate surface area is 50.3 Å². The minimum absolute atomic E-state index is 0.0625. The van der Waals surface area contributed by atoms with Crippen molar-refractivity contribution in [3.63, 3.8) is 0 Å². The number of amides is 1. The minimum atomic E-state index is 0.0625. The molecular formula is C6H12NO. The number of nitrogens with one attached hydrogen (secondary N) is 1. The highest BCUT2D eigenvalue weighted by Crippen LogP contribution is 1.95. The highest BCUT2D eigenvalue weighted by molar-refractivity contribution is 5.75. The van der Waals surface area contributed by atoms with Crippen LogP contribution in [0.5, 0.6) is 0 Å². The number of rotatable bonds is 2. The van der Waals surface area contributed by atoms with Crippen LogP contribution in [0.4, 0.5) is 0 Å². The normalized spacial score (nSPS) is 9.50. The lowest BCUT2D eigenvalue weighted by Crippen LogP contribution is -2.19. The number of hydrogen-bond acceptors (Lipinski definition) is 1. The zero-order valence-corrected chi connectivity index (χ0v) is 5.40. The van der Waals surface area contributed by atoms with Gasteiger partial charge in [0.05, 0.1) is 0 Å². The molecular weight excluding hydrogens is 102 g/mol. The summed E-state index contributed by atoms with van der Waals surface area (Å²) in [6.07, 6.45) is 0.524. The summed E-state index contributed by atoms with van der Waals surface area (Å²) in [4.78, 5) is 10.5. The number of carbonyl (C=O) groups excluding carboxylic acids is 1. The van der Waals surface area contributed by atoms with Crippen LogP contribution in [0.25, 0.3) is 0 Å². The van der Waals surface area contributed by atoms with Crippen LogP contribution in [-0.4, -0.2) is 13.0 Å². The monoisotopic (exact) mass is 114 g/mol. The van der Waals surface area contributed by atoms with Crippen molar-refractivity contribution in [2.75, 3.05) is 7.05 Å². The molecule has 1 atom stereocenters. The molecule has 0 aliphatic rings. The maximum atomic E-state index is 10.5. The summed E-state index contributed by atoms with van der Waals surface area (Å²) in [5, 5.41) is 2.52. The van der Waals surface area contributed by atoms with Gasteiger partial charge in [0.25, 0.3) is 0 Å². The van der Waals surface area contributed by atoms with Gasteiger partial charge in [-0.1, -0.05) is 6.92 Å². The molecule has 0 aliphatic heterocycles. The smallest absolute Gasteiger partial charge is 0.220 e. The van der Waals surface area contributed by atoms with Gasteiger partial charge in [-0.15, -0.1) is 0 Å². The first-order chi connectivity index (χ1) is 3.66. The molecule has 0 heterocycles. The van der Waals surface area contributed by atoms with E-state index in [1.807, 2.05) is 6.92 Å². The van der Waals surface area contributed by atoms with Crippen molar-refractivity contribution in [1.29, 1.82) is 0 Å². The fourth-order valence-electron chi connectivity index (χ4n) is 0.419. The third kappa shape index (κ3) is 3.65. The molecule has 0 rings (SSSR count). The quantitative estimate of drug-likeness (QED) is 0.559. The molecule has 8 heavy (non-hydrogen) atoms. The van der Waals surface area contributed by atoms with Gasteiger partial charge >= 0.3 is 0 Å². The number of carbonyl (C=O) groups is 1. The molecule has 0 fully saturated rings. The molecule has 2 nitrogen and oxygen atoms in total. The van der Waals surface area contributed by atoms with Crippen molar-refractivity contribution in [2.45, 2.75) is 13.3 Å². The largest absolute Gasteiger partial charge is 0.359 e. The van der Waals surface area contributed by atoms with E-state index in [-0.39, 0.29) is 11.8 Å². The molecule has 0 aromatic carbocycles. The summed E-state index contributed by atoms with van der Waals surface area (Å²) in [5.41, 5.74) is 0. The molecule has 2 heteroatoms. The van der Waals surface area contributed by atoms with Crippen LogP contribution >= 0.6 is 0 Å². The Kier molecular flexibility index (Phi) is 3.24. The van der Waals surface area contributed by atoms with E-state index in [9.17, 15) is 4.79 Å². The molecule has 0 saturated heterocycles. The predicted octanol–water partition coefficient (Wildman–Crippen LogP) is 0.593. The molecule has 0 saturated carbocycles. The predicted molar refractivity (Wildman–Crippen MR) is 33.2 cm³/mol. The van der Waals surface area contributed by atoms with E-state index in [0.29, 0.717) is 6.42 Å². The topological polar surface area (TPSA) is 29.1 Å². The third-order valence-electron chi connectivity index (χ3n) is 0.813. The second-order valence-electron chi connectivity index (χ2n) is 1.98. The maximum absolute atomic E-state index is 10.5. The van der Waals surface area contributed by atoms with E-state index in [1.165, 1.54) is 0 Å². The maximum Gasteiger partial charge on any atom is 0.220 e. The van der Waals surface area contributed by atoms with Crippen LogP contribution in [-0.2, 0) is 4.79 Å². The van der Waals surface area contributed by atoms with Crippen molar-refractivity contribution >= 4 is 5.91 Å². The van der Waals surface area contributed by atoms with Crippen LogP contribution in [0.2, 0.25) is 0 Å². The number of hydrogen-bond donors (Lipinski definition) is 1. The summed E-state index contributed by atoms with van der Waals surface area (Å²) in [6, 6.07) is 0. The van der Waals surface area contributed by atoms with Crippen molar-refractivity contribution in [1.82, 2.24) is 5.32 Å². The van der Waals surface area contributed by atoms with Crippen LogP contribution in [0.1, 0.15) is 13.3 Å². The first-order valence-corrected chi connectivity index (χ1v) is 2.70. The first-order valence-electron chi connectivity index (χ1n) is 2.70. The average molecular weight is 114 g/mol. The van der Waals surface area contributed by atoms with E-state index in [1.54, 1.807) is 7.05 Å². The molecule has 0 bridgehead atoms. The zero-order valence-electron chi connectivity index (χ0n) is 5.40. The third-order valence-corrected chi connectivity index (χ3v) is 0.813. The van der Waals surface area contributed by atoms with Gasteiger partial charge in [0.2, 0.25) is 5.91 Å². The Morgan fingerprint density at radius 2 is 2.38 bits per heavy atom.